The van der Waals surface area contributed by atoms with E-state index in [9.17, 15) is 5.11 Å². The van der Waals surface area contributed by atoms with Crippen molar-refractivity contribution in [2.45, 2.75) is 32.8 Å². The number of aliphatic hydroxyl groups is 1. The maximum atomic E-state index is 9.34. The van der Waals surface area contributed by atoms with Crippen LogP contribution in [0.2, 0.25) is 0 Å². The highest BCUT2D eigenvalue weighted by Crippen LogP contribution is 2.30. The van der Waals surface area contributed by atoms with E-state index in [0.717, 1.165) is 11.3 Å². The highest BCUT2D eigenvalue weighted by Gasteiger charge is 2.14. The van der Waals surface area contributed by atoms with E-state index in [1.807, 2.05) is 0 Å². The molecule has 0 unspecified atom stereocenters. The third kappa shape index (κ3) is 1.68. The highest BCUT2D eigenvalue weighted by molar-refractivity contribution is 5.64. The number of hydrogen-bond acceptors (Lipinski definition) is 1. The van der Waals surface area contributed by atoms with E-state index in [4.69, 9.17) is 0 Å². The lowest BCUT2D eigenvalue weighted by Crippen LogP contribution is -1.95. The lowest BCUT2D eigenvalue weighted by molar-refractivity contribution is 0.281. The Morgan fingerprint density at radius 3 is 2.67 bits per heavy atom. The molecule has 1 aromatic heterocycles. The minimum absolute atomic E-state index is 0.116. The molecule has 2 aromatic rings. The Morgan fingerprint density at radius 1 is 1.17 bits per heavy atom. The van der Waals surface area contributed by atoms with Gasteiger partial charge in [-0.15, -0.1) is 0 Å². The van der Waals surface area contributed by atoms with E-state index in [2.05, 4.69) is 42.8 Å². The number of nitrogens with zero attached hydrogens (tertiary/aromatic N) is 1. The maximum absolute atomic E-state index is 9.34. The van der Waals surface area contributed by atoms with Crippen molar-refractivity contribution in [1.29, 1.82) is 0 Å². The first-order valence-corrected chi connectivity index (χ1v) is 6.59. The fraction of sp³-hybridized carbons (Fsp3) is 0.375. The molecule has 1 aliphatic carbocycles. The van der Waals surface area contributed by atoms with Crippen LogP contribution in [0, 0.1) is 6.92 Å². The van der Waals surface area contributed by atoms with Gasteiger partial charge in [-0.2, -0.15) is 0 Å². The molecule has 1 aromatic carbocycles. The van der Waals surface area contributed by atoms with Crippen LogP contribution in [-0.2, 0) is 26.5 Å². The highest BCUT2D eigenvalue weighted by atomic mass is 16.3. The fourth-order valence-electron chi connectivity index (χ4n) is 2.93. The first kappa shape index (κ1) is 11.5. The van der Waals surface area contributed by atoms with Gasteiger partial charge in [0.1, 0.15) is 0 Å². The smallest absolute Gasteiger partial charge is 0.0699 e. The maximum Gasteiger partial charge on any atom is 0.0699 e. The number of benzene rings is 1. The second-order valence-corrected chi connectivity index (χ2v) is 5.19. The van der Waals surface area contributed by atoms with Crippen LogP contribution in [0.3, 0.4) is 0 Å². The van der Waals surface area contributed by atoms with E-state index in [1.165, 1.54) is 41.6 Å². The van der Waals surface area contributed by atoms with Crippen LogP contribution in [0.15, 0.2) is 24.3 Å². The third-order valence-electron chi connectivity index (χ3n) is 4.20. The largest absolute Gasteiger partial charge is 0.392 e. The zero-order chi connectivity index (χ0) is 12.7. The molecule has 2 heteroatoms. The number of hydrogen-bond donors (Lipinski definition) is 1. The number of fused-ring (bicyclic) bond motifs is 1. The van der Waals surface area contributed by atoms with Gasteiger partial charge in [-0.3, -0.25) is 0 Å². The Bertz CT molecular complexity index is 595. The van der Waals surface area contributed by atoms with Gasteiger partial charge in [0.25, 0.3) is 0 Å². The van der Waals surface area contributed by atoms with Crippen LogP contribution in [0.25, 0.3) is 11.3 Å². The summed E-state index contributed by atoms with van der Waals surface area (Å²) in [6.07, 6.45) is 3.72. The zero-order valence-electron chi connectivity index (χ0n) is 11.0. The molecule has 0 saturated heterocycles. The van der Waals surface area contributed by atoms with E-state index in [0.29, 0.717) is 0 Å². The Morgan fingerprint density at radius 2 is 1.94 bits per heavy atom. The van der Waals surface area contributed by atoms with Crippen molar-refractivity contribution in [3.05, 3.63) is 46.6 Å². The second kappa shape index (κ2) is 4.29. The average Bonchev–Trinajstić information content (AvgIpc) is 2.95. The predicted octanol–water partition coefficient (Wildman–Crippen LogP) is 2.98. The van der Waals surface area contributed by atoms with Crippen LogP contribution in [0.5, 0.6) is 0 Å². The minimum Gasteiger partial charge on any atom is -0.392 e. The lowest BCUT2D eigenvalue weighted by Gasteiger charge is -2.07. The summed E-state index contributed by atoms with van der Waals surface area (Å²) in [4.78, 5) is 0. The van der Waals surface area contributed by atoms with Crippen molar-refractivity contribution in [2.75, 3.05) is 0 Å². The summed E-state index contributed by atoms with van der Waals surface area (Å²) in [7, 11) is 2.07. The minimum atomic E-state index is 0.116. The Hall–Kier alpha value is -1.54. The van der Waals surface area contributed by atoms with Gasteiger partial charge < -0.3 is 9.67 Å². The molecule has 0 saturated carbocycles. The number of rotatable bonds is 2. The van der Waals surface area contributed by atoms with E-state index in [-0.39, 0.29) is 6.61 Å². The first-order chi connectivity index (χ1) is 8.70. The molecule has 0 aliphatic heterocycles. The summed E-state index contributed by atoms with van der Waals surface area (Å²) in [5, 5.41) is 9.34. The van der Waals surface area contributed by atoms with Gasteiger partial charge in [-0.05, 0) is 60.6 Å². The van der Waals surface area contributed by atoms with Crippen LogP contribution < -0.4 is 0 Å². The fourth-order valence-corrected chi connectivity index (χ4v) is 2.93. The molecule has 0 fully saturated rings. The third-order valence-corrected chi connectivity index (χ3v) is 4.20. The van der Waals surface area contributed by atoms with Gasteiger partial charge >= 0.3 is 0 Å². The summed E-state index contributed by atoms with van der Waals surface area (Å²) in [5.41, 5.74) is 7.64. The van der Waals surface area contributed by atoms with Gasteiger partial charge in [0.05, 0.1) is 6.61 Å². The summed E-state index contributed by atoms with van der Waals surface area (Å²) in [5.74, 6) is 0. The number of aromatic nitrogens is 1. The van der Waals surface area contributed by atoms with Crippen LogP contribution in [-0.4, -0.2) is 9.67 Å². The standard InChI is InChI=1S/C16H19NO/c1-11-15(10-18)9-16(17(11)2)14-7-6-12-4-3-5-13(12)8-14/h6-9,18H,3-5,10H2,1-2H3. The molecule has 0 amide bonds. The summed E-state index contributed by atoms with van der Waals surface area (Å²) in [6.45, 7) is 2.17. The topological polar surface area (TPSA) is 25.2 Å². The lowest BCUT2D eigenvalue weighted by atomic mass is 10.0. The molecule has 2 nitrogen and oxygen atoms in total. The molecule has 0 radical (unpaired) electrons. The van der Waals surface area contributed by atoms with E-state index >= 15 is 0 Å². The van der Waals surface area contributed by atoms with Gasteiger partial charge in [-0.25, -0.2) is 0 Å². The molecule has 94 valence electrons. The van der Waals surface area contributed by atoms with Gasteiger partial charge in [0.2, 0.25) is 0 Å². The van der Waals surface area contributed by atoms with Gasteiger partial charge in [0, 0.05) is 18.4 Å². The Kier molecular flexibility index (Phi) is 2.75. The zero-order valence-corrected chi connectivity index (χ0v) is 11.0. The van der Waals surface area contributed by atoms with Crippen LogP contribution in [0.1, 0.15) is 28.8 Å². The van der Waals surface area contributed by atoms with Crippen molar-refractivity contribution < 1.29 is 5.11 Å². The van der Waals surface area contributed by atoms with Gasteiger partial charge in [0.15, 0.2) is 0 Å². The van der Waals surface area contributed by atoms with E-state index < -0.39 is 0 Å². The molecule has 18 heavy (non-hydrogen) atoms. The molecular formula is C16H19NO. The quantitative estimate of drug-likeness (QED) is 0.859. The summed E-state index contributed by atoms with van der Waals surface area (Å²) >= 11 is 0. The van der Waals surface area contributed by atoms with Crippen LogP contribution in [0.4, 0.5) is 0 Å². The molecule has 0 bridgehead atoms. The molecular weight excluding hydrogens is 222 g/mol. The first-order valence-electron chi connectivity index (χ1n) is 6.59. The Balaban J connectivity index is 2.10. The number of aliphatic hydroxyl groups excluding tert-OH is 1. The summed E-state index contributed by atoms with van der Waals surface area (Å²) in [6, 6.07) is 8.89. The second-order valence-electron chi connectivity index (χ2n) is 5.19. The molecule has 3 rings (SSSR count). The normalized spacial score (nSPS) is 13.9. The molecule has 1 aliphatic rings. The predicted molar refractivity (Wildman–Crippen MR) is 73.5 cm³/mol. The SMILES string of the molecule is Cc1c(CO)cc(-c2ccc3c(c2)CCC3)n1C. The van der Waals surface area contributed by atoms with Crippen molar-refractivity contribution >= 4 is 0 Å². The summed E-state index contributed by atoms with van der Waals surface area (Å²) < 4.78 is 2.17. The van der Waals surface area contributed by atoms with Crippen molar-refractivity contribution in [1.82, 2.24) is 4.57 Å². The van der Waals surface area contributed by atoms with Crippen molar-refractivity contribution in [3.63, 3.8) is 0 Å². The average molecular weight is 241 g/mol. The van der Waals surface area contributed by atoms with Gasteiger partial charge in [-0.1, -0.05) is 12.1 Å². The molecule has 1 heterocycles. The van der Waals surface area contributed by atoms with Crippen LogP contribution >= 0.6 is 0 Å². The van der Waals surface area contributed by atoms with E-state index in [1.54, 1.807) is 0 Å². The van der Waals surface area contributed by atoms with Crippen molar-refractivity contribution in [3.8, 4) is 11.3 Å². The van der Waals surface area contributed by atoms with Crippen molar-refractivity contribution in [2.24, 2.45) is 7.05 Å². The molecule has 0 atom stereocenters. The molecule has 1 N–H and O–H groups in total. The Labute approximate surface area is 108 Å². The molecule has 0 spiro atoms. The number of aryl methyl sites for hydroxylation is 2. The monoisotopic (exact) mass is 241 g/mol.